The number of benzene rings is 1. The molecule has 0 aliphatic rings. The predicted octanol–water partition coefficient (Wildman–Crippen LogP) is 4.31. The van der Waals surface area contributed by atoms with E-state index in [1.807, 2.05) is 36.6 Å². The van der Waals surface area contributed by atoms with Crippen molar-refractivity contribution < 1.29 is 9.66 Å². The van der Waals surface area contributed by atoms with E-state index in [0.29, 0.717) is 5.69 Å². The summed E-state index contributed by atoms with van der Waals surface area (Å²) < 4.78 is 5.55. The monoisotopic (exact) mass is 341 g/mol. The van der Waals surface area contributed by atoms with Crippen LogP contribution in [0, 0.1) is 24.0 Å². The molecular weight excluding hydrogens is 326 g/mol. The third-order valence-electron chi connectivity index (χ3n) is 3.38. The van der Waals surface area contributed by atoms with Gasteiger partial charge >= 0.3 is 5.82 Å². The van der Waals surface area contributed by atoms with Crippen molar-refractivity contribution in [3.63, 3.8) is 0 Å². The van der Waals surface area contributed by atoms with Crippen LogP contribution in [0.2, 0.25) is 0 Å². The van der Waals surface area contributed by atoms with Gasteiger partial charge in [0.25, 0.3) is 0 Å². The summed E-state index contributed by atoms with van der Waals surface area (Å²) in [5.74, 6) is -0.125. The Hall–Kier alpha value is -2.80. The van der Waals surface area contributed by atoms with Gasteiger partial charge in [-0.15, -0.1) is 11.3 Å². The van der Waals surface area contributed by atoms with E-state index < -0.39 is 4.92 Å². The van der Waals surface area contributed by atoms with E-state index in [9.17, 15) is 10.1 Å². The largest absolute Gasteiger partial charge is 0.479 e. The first kappa shape index (κ1) is 16.1. The molecule has 0 radical (unpaired) electrons. The molecule has 2 heterocycles. The summed E-state index contributed by atoms with van der Waals surface area (Å²) in [5, 5.41) is 13.8. The summed E-state index contributed by atoms with van der Waals surface area (Å²) in [7, 11) is 0. The number of hydrogen-bond acceptors (Lipinski definition) is 6. The van der Waals surface area contributed by atoms with Crippen molar-refractivity contribution in [1.29, 1.82) is 0 Å². The first-order valence-corrected chi connectivity index (χ1v) is 8.17. The summed E-state index contributed by atoms with van der Waals surface area (Å²) in [5.41, 5.74) is 3.53. The van der Waals surface area contributed by atoms with E-state index in [-0.39, 0.29) is 18.2 Å². The first-order chi connectivity index (χ1) is 11.5. The Morgan fingerprint density at radius 3 is 2.58 bits per heavy atom. The number of rotatable bonds is 5. The van der Waals surface area contributed by atoms with Gasteiger partial charge in [-0.3, -0.25) is 0 Å². The third-order valence-corrected chi connectivity index (χ3v) is 4.32. The molecule has 1 aromatic carbocycles. The van der Waals surface area contributed by atoms with Gasteiger partial charge in [0, 0.05) is 17.9 Å². The number of ether oxygens (including phenoxy) is 1. The van der Waals surface area contributed by atoms with Crippen LogP contribution in [0.3, 0.4) is 0 Å². The van der Waals surface area contributed by atoms with Gasteiger partial charge in [0.1, 0.15) is 17.3 Å². The molecule has 0 unspecified atom stereocenters. The van der Waals surface area contributed by atoms with Crippen LogP contribution in [0.5, 0.6) is 5.75 Å². The molecule has 0 atom stereocenters. The predicted molar refractivity (Wildman–Crippen MR) is 92.2 cm³/mol. The number of thiazole rings is 1. The minimum Gasteiger partial charge on any atom is -0.479 e. The zero-order valence-corrected chi connectivity index (χ0v) is 14.0. The Labute approximate surface area is 142 Å². The molecule has 0 fully saturated rings. The molecule has 0 spiro atoms. The number of aromatic nitrogens is 2. The number of nitrogens with zero attached hydrogens (tertiary/aromatic N) is 3. The van der Waals surface area contributed by atoms with Crippen molar-refractivity contribution in [3.05, 3.63) is 68.8 Å². The Kier molecular flexibility index (Phi) is 4.52. The summed E-state index contributed by atoms with van der Waals surface area (Å²) in [6.07, 6.45) is 0. The van der Waals surface area contributed by atoms with Crippen molar-refractivity contribution in [3.8, 4) is 16.3 Å². The Morgan fingerprint density at radius 1 is 1.12 bits per heavy atom. The fraction of sp³-hybridized carbons (Fsp3) is 0.176. The molecule has 24 heavy (non-hydrogen) atoms. The van der Waals surface area contributed by atoms with Gasteiger partial charge in [0.2, 0.25) is 5.75 Å². The summed E-state index contributed by atoms with van der Waals surface area (Å²) in [6, 6.07) is 11.4. The minimum atomic E-state index is -0.541. The summed E-state index contributed by atoms with van der Waals surface area (Å²) in [6.45, 7) is 3.90. The van der Waals surface area contributed by atoms with Crippen LogP contribution in [0.4, 0.5) is 5.82 Å². The molecule has 2 aromatic heterocycles. The average Bonchev–Trinajstić information content (AvgIpc) is 3.03. The van der Waals surface area contributed by atoms with Crippen LogP contribution in [0.15, 0.2) is 41.8 Å². The molecule has 0 amide bonds. The van der Waals surface area contributed by atoms with Gasteiger partial charge in [0.15, 0.2) is 0 Å². The average molecular weight is 341 g/mol. The fourth-order valence-electron chi connectivity index (χ4n) is 2.13. The van der Waals surface area contributed by atoms with Crippen molar-refractivity contribution in [1.82, 2.24) is 9.97 Å². The Bertz CT molecular complexity index is 875. The van der Waals surface area contributed by atoms with Crippen LogP contribution in [-0.4, -0.2) is 14.9 Å². The normalized spacial score (nSPS) is 10.6. The van der Waals surface area contributed by atoms with Gasteiger partial charge < -0.3 is 14.9 Å². The molecule has 0 saturated carbocycles. The zero-order valence-electron chi connectivity index (χ0n) is 13.2. The Balaban J connectivity index is 1.74. The third kappa shape index (κ3) is 3.57. The highest BCUT2D eigenvalue weighted by atomic mass is 32.1. The molecule has 0 N–H and O–H groups in total. The molecule has 6 nitrogen and oxygen atoms in total. The van der Waals surface area contributed by atoms with Crippen LogP contribution < -0.4 is 4.74 Å². The van der Waals surface area contributed by atoms with Crippen LogP contribution in [0.25, 0.3) is 10.6 Å². The molecule has 122 valence electrons. The van der Waals surface area contributed by atoms with Crippen molar-refractivity contribution in [2.24, 2.45) is 0 Å². The quantitative estimate of drug-likeness (QED) is 0.510. The maximum Gasteiger partial charge on any atom is 0.406 e. The number of nitro groups is 1. The zero-order chi connectivity index (χ0) is 17.1. The second kappa shape index (κ2) is 6.76. The highest BCUT2D eigenvalue weighted by Crippen LogP contribution is 2.27. The van der Waals surface area contributed by atoms with Gasteiger partial charge in [-0.2, -0.15) is 0 Å². The molecule has 7 heteroatoms. The lowest BCUT2D eigenvalue weighted by molar-refractivity contribution is -0.390. The number of aryl methyl sites for hydroxylation is 2. The standard InChI is InChI=1S/C17H15N3O3S/c1-11-3-6-13(7-4-11)17-19-14(10-24-17)9-23-15-8-5-12(2)18-16(15)20(21)22/h3-8,10H,9H2,1-2H3. The van der Waals surface area contributed by atoms with Crippen molar-refractivity contribution >= 4 is 17.2 Å². The summed E-state index contributed by atoms with van der Waals surface area (Å²) >= 11 is 1.52. The molecule has 0 aliphatic carbocycles. The van der Waals surface area contributed by atoms with Crippen LogP contribution in [0.1, 0.15) is 17.0 Å². The Morgan fingerprint density at radius 2 is 1.88 bits per heavy atom. The maximum atomic E-state index is 11.1. The molecule has 0 bridgehead atoms. The van der Waals surface area contributed by atoms with E-state index >= 15 is 0 Å². The van der Waals surface area contributed by atoms with Gasteiger partial charge in [0.05, 0.1) is 5.69 Å². The second-order valence-corrected chi connectivity index (χ2v) is 6.19. The summed E-state index contributed by atoms with van der Waals surface area (Å²) in [4.78, 5) is 18.9. The smallest absolute Gasteiger partial charge is 0.406 e. The van der Waals surface area contributed by atoms with E-state index in [1.165, 1.54) is 16.9 Å². The van der Waals surface area contributed by atoms with E-state index in [1.54, 1.807) is 19.1 Å². The van der Waals surface area contributed by atoms with E-state index in [4.69, 9.17) is 4.74 Å². The second-order valence-electron chi connectivity index (χ2n) is 5.33. The lowest BCUT2D eigenvalue weighted by atomic mass is 10.2. The van der Waals surface area contributed by atoms with Gasteiger partial charge in [-0.1, -0.05) is 29.8 Å². The molecule has 0 saturated heterocycles. The minimum absolute atomic E-state index is 0.149. The number of pyridine rings is 1. The van der Waals surface area contributed by atoms with E-state index in [2.05, 4.69) is 9.97 Å². The molecular formula is C17H15N3O3S. The first-order valence-electron chi connectivity index (χ1n) is 7.29. The van der Waals surface area contributed by atoms with Gasteiger partial charge in [-0.25, -0.2) is 4.98 Å². The van der Waals surface area contributed by atoms with Gasteiger partial charge in [-0.05, 0) is 29.0 Å². The highest BCUT2D eigenvalue weighted by molar-refractivity contribution is 7.13. The maximum absolute atomic E-state index is 11.1. The van der Waals surface area contributed by atoms with Crippen molar-refractivity contribution in [2.45, 2.75) is 20.5 Å². The molecule has 0 aliphatic heterocycles. The van der Waals surface area contributed by atoms with Crippen LogP contribution in [-0.2, 0) is 6.61 Å². The lowest BCUT2D eigenvalue weighted by Gasteiger charge is -2.04. The molecule has 3 aromatic rings. The van der Waals surface area contributed by atoms with Crippen LogP contribution >= 0.6 is 11.3 Å². The van der Waals surface area contributed by atoms with E-state index in [0.717, 1.165) is 16.3 Å². The lowest BCUT2D eigenvalue weighted by Crippen LogP contribution is -2.02. The number of hydrogen-bond donors (Lipinski definition) is 0. The fourth-order valence-corrected chi connectivity index (χ4v) is 2.94. The topological polar surface area (TPSA) is 78.2 Å². The SMILES string of the molecule is Cc1ccc(-c2nc(COc3ccc(C)nc3[N+](=O)[O-])cs2)cc1. The highest BCUT2D eigenvalue weighted by Gasteiger charge is 2.18. The van der Waals surface area contributed by atoms with Crippen molar-refractivity contribution in [2.75, 3.05) is 0 Å². The molecule has 3 rings (SSSR count).